The molecule has 9 heteroatoms. The molecule has 0 aliphatic rings. The Morgan fingerprint density at radius 3 is 2.08 bits per heavy atom. The Kier molecular flexibility index (Phi) is 12.8. The van der Waals surface area contributed by atoms with E-state index in [1.807, 2.05) is 45.1 Å². The largest absolute Gasteiger partial charge is 0.493 e. The van der Waals surface area contributed by atoms with Crippen LogP contribution in [-0.2, 0) is 4.84 Å². The van der Waals surface area contributed by atoms with E-state index in [0.29, 0.717) is 19.8 Å². The van der Waals surface area contributed by atoms with Crippen LogP contribution < -0.4 is 14.2 Å². The quantitative estimate of drug-likeness (QED) is 0.0997. The van der Waals surface area contributed by atoms with Gasteiger partial charge in [0.15, 0.2) is 5.71 Å². The van der Waals surface area contributed by atoms with Crippen molar-refractivity contribution < 1.29 is 32.2 Å². The Labute approximate surface area is 217 Å². The number of ether oxygens (including phenoxy) is 3. The van der Waals surface area contributed by atoms with Crippen molar-refractivity contribution in [1.29, 1.82) is 0 Å². The highest BCUT2D eigenvalue weighted by molar-refractivity contribution is 6.04. The van der Waals surface area contributed by atoms with Crippen molar-refractivity contribution in [2.24, 2.45) is 5.16 Å². The van der Waals surface area contributed by atoms with Crippen molar-refractivity contribution >= 4 is 5.71 Å². The van der Waals surface area contributed by atoms with Gasteiger partial charge in [-0.05, 0) is 62.9 Å². The number of unbranched alkanes of at least 4 members (excludes halogenated alkanes) is 5. The van der Waals surface area contributed by atoms with Gasteiger partial charge in [-0.2, -0.15) is 13.2 Å². The van der Waals surface area contributed by atoms with E-state index in [1.165, 1.54) is 12.1 Å². The van der Waals surface area contributed by atoms with Gasteiger partial charge in [-0.1, -0.05) is 43.0 Å². The second kappa shape index (κ2) is 15.8. The highest BCUT2D eigenvalue weighted by Crippen LogP contribution is 2.29. The molecule has 2 aromatic rings. The first kappa shape index (κ1) is 30.0. The predicted molar refractivity (Wildman–Crippen MR) is 139 cm³/mol. The minimum absolute atomic E-state index is 0.179. The molecule has 1 heterocycles. The van der Waals surface area contributed by atoms with Crippen LogP contribution in [0.1, 0.15) is 62.1 Å². The third-order valence-corrected chi connectivity index (χ3v) is 5.51. The zero-order valence-electron chi connectivity index (χ0n) is 22.1. The molecule has 0 saturated heterocycles. The molecule has 1 aromatic carbocycles. The Bertz CT molecular complexity index is 982. The predicted octanol–water partition coefficient (Wildman–Crippen LogP) is 7.36. The third-order valence-electron chi connectivity index (χ3n) is 5.51. The minimum atomic E-state index is -4.63. The number of nitrogens with zero attached hydrogens (tertiary/aromatic N) is 2. The van der Waals surface area contributed by atoms with Gasteiger partial charge in [0, 0.05) is 17.8 Å². The van der Waals surface area contributed by atoms with Crippen LogP contribution in [0.3, 0.4) is 0 Å². The summed E-state index contributed by atoms with van der Waals surface area (Å²) in [4.78, 5) is 8.23. The highest BCUT2D eigenvalue weighted by atomic mass is 19.4. The summed E-state index contributed by atoms with van der Waals surface area (Å²) < 4.78 is 56.3. The first-order chi connectivity index (χ1) is 17.8. The lowest BCUT2D eigenvalue weighted by Gasteiger charge is -2.14. The number of oxime groups is 1. The topological polar surface area (TPSA) is 62.2 Å². The molecule has 0 aliphatic carbocycles. The fraction of sp³-hybridized carbons (Fsp3) is 0.500. The Hall–Kier alpha value is -3.23. The van der Waals surface area contributed by atoms with Gasteiger partial charge in [-0.15, -0.1) is 0 Å². The zero-order valence-corrected chi connectivity index (χ0v) is 22.1. The summed E-state index contributed by atoms with van der Waals surface area (Å²) in [6, 6.07) is 6.69. The number of rotatable bonds is 16. The standard InChI is InChI=1S/C28H37F3N2O4/c1-5-6-15-35-24-18-21(2)26(22(3)19-24)37-17-12-10-8-7-9-11-16-36-25-14-13-23(20-32-25)27(33-34-4)28(29,30)31/h5-6,13-14,18-20H,7-12,15-17H2,1-4H3/b6-5+,33-27-. The minimum Gasteiger partial charge on any atom is -0.493 e. The number of hydrogen-bond donors (Lipinski definition) is 0. The van der Waals surface area contributed by atoms with E-state index >= 15 is 0 Å². The fourth-order valence-electron chi connectivity index (χ4n) is 3.69. The van der Waals surface area contributed by atoms with E-state index in [2.05, 4.69) is 15.0 Å². The molecule has 204 valence electrons. The Morgan fingerprint density at radius 1 is 0.919 bits per heavy atom. The number of hydrogen-bond acceptors (Lipinski definition) is 6. The summed E-state index contributed by atoms with van der Waals surface area (Å²) in [6.07, 6.45) is 6.48. The number of aromatic nitrogens is 1. The van der Waals surface area contributed by atoms with Crippen molar-refractivity contribution in [2.75, 3.05) is 26.9 Å². The van der Waals surface area contributed by atoms with Crippen LogP contribution >= 0.6 is 0 Å². The van der Waals surface area contributed by atoms with Gasteiger partial charge in [-0.25, -0.2) is 4.98 Å². The highest BCUT2D eigenvalue weighted by Gasteiger charge is 2.38. The first-order valence-corrected chi connectivity index (χ1v) is 12.5. The molecule has 0 bridgehead atoms. The van der Waals surface area contributed by atoms with E-state index in [4.69, 9.17) is 14.2 Å². The van der Waals surface area contributed by atoms with E-state index < -0.39 is 11.9 Å². The molecule has 0 unspecified atom stereocenters. The summed E-state index contributed by atoms with van der Waals surface area (Å²) >= 11 is 0. The summed E-state index contributed by atoms with van der Waals surface area (Å²) in [5.74, 6) is 2.06. The molecule has 0 atom stereocenters. The van der Waals surface area contributed by atoms with Crippen molar-refractivity contribution in [3.63, 3.8) is 0 Å². The molecular weight excluding hydrogens is 485 g/mol. The SMILES string of the molecule is C/C=C/COc1cc(C)c(OCCCCCCCCOc2ccc(/C(=N/OC)C(F)(F)F)cn2)c(C)c1. The van der Waals surface area contributed by atoms with Crippen LogP contribution in [0.15, 0.2) is 47.8 Å². The molecule has 0 aliphatic heterocycles. The maximum absolute atomic E-state index is 13.0. The lowest BCUT2D eigenvalue weighted by molar-refractivity contribution is -0.0608. The molecule has 6 nitrogen and oxygen atoms in total. The van der Waals surface area contributed by atoms with Gasteiger partial charge in [-0.3, -0.25) is 0 Å². The number of aryl methyl sites for hydroxylation is 2. The van der Waals surface area contributed by atoms with Crippen LogP contribution in [0.2, 0.25) is 0 Å². The van der Waals surface area contributed by atoms with Gasteiger partial charge >= 0.3 is 6.18 Å². The number of allylic oxidation sites excluding steroid dienone is 1. The molecule has 1 aromatic heterocycles. The average Bonchev–Trinajstić information content (AvgIpc) is 2.85. The van der Waals surface area contributed by atoms with Crippen molar-refractivity contribution in [3.05, 3.63) is 59.3 Å². The smallest absolute Gasteiger partial charge is 0.437 e. The Morgan fingerprint density at radius 2 is 1.54 bits per heavy atom. The third kappa shape index (κ3) is 10.7. The van der Waals surface area contributed by atoms with Gasteiger partial charge in [0.25, 0.3) is 0 Å². The fourth-order valence-corrected chi connectivity index (χ4v) is 3.69. The summed E-state index contributed by atoms with van der Waals surface area (Å²) in [5, 5.41) is 3.05. The summed E-state index contributed by atoms with van der Waals surface area (Å²) in [5.41, 5.74) is 0.835. The van der Waals surface area contributed by atoms with Crippen LogP contribution in [0.25, 0.3) is 0 Å². The normalized spacial score (nSPS) is 12.1. The molecule has 0 N–H and O–H groups in total. The van der Waals surface area contributed by atoms with Crippen molar-refractivity contribution in [1.82, 2.24) is 4.98 Å². The molecule has 0 saturated carbocycles. The zero-order chi connectivity index (χ0) is 27.1. The monoisotopic (exact) mass is 522 g/mol. The van der Waals surface area contributed by atoms with Crippen molar-refractivity contribution in [2.45, 2.75) is 65.5 Å². The number of benzene rings is 1. The number of pyridine rings is 1. The molecule has 0 spiro atoms. The number of halogens is 3. The lowest BCUT2D eigenvalue weighted by atomic mass is 10.1. The molecule has 2 rings (SSSR count). The Balaban J connectivity index is 1.59. The second-order valence-corrected chi connectivity index (χ2v) is 8.59. The number of alkyl halides is 3. The lowest BCUT2D eigenvalue weighted by Crippen LogP contribution is -2.24. The molecule has 0 amide bonds. The molecule has 37 heavy (non-hydrogen) atoms. The summed E-state index contributed by atoms with van der Waals surface area (Å²) in [7, 11) is 1.07. The molecule has 0 fully saturated rings. The van der Waals surface area contributed by atoms with Crippen molar-refractivity contribution in [3.8, 4) is 17.4 Å². The van der Waals surface area contributed by atoms with Crippen LogP contribution in [0, 0.1) is 13.8 Å². The maximum Gasteiger partial charge on any atom is 0.437 e. The van der Waals surface area contributed by atoms with Crippen LogP contribution in [-0.4, -0.2) is 43.8 Å². The summed E-state index contributed by atoms with van der Waals surface area (Å²) in [6.45, 7) is 7.73. The van der Waals surface area contributed by atoms with Gasteiger partial charge in [0.1, 0.15) is 25.2 Å². The van der Waals surface area contributed by atoms with E-state index in [9.17, 15) is 13.2 Å². The van der Waals surface area contributed by atoms with Crippen LogP contribution in [0.5, 0.6) is 17.4 Å². The van der Waals surface area contributed by atoms with E-state index in [1.54, 1.807) is 0 Å². The first-order valence-electron chi connectivity index (χ1n) is 12.5. The second-order valence-electron chi connectivity index (χ2n) is 8.59. The molecule has 0 radical (unpaired) electrons. The maximum atomic E-state index is 13.0. The van der Waals surface area contributed by atoms with E-state index in [0.717, 1.165) is 74.5 Å². The van der Waals surface area contributed by atoms with Gasteiger partial charge in [0.05, 0.1) is 13.2 Å². The van der Waals surface area contributed by atoms with E-state index in [-0.39, 0.29) is 11.4 Å². The average molecular weight is 523 g/mol. The molecular formula is C28H37F3N2O4. The van der Waals surface area contributed by atoms with Crippen LogP contribution in [0.4, 0.5) is 13.2 Å². The van der Waals surface area contributed by atoms with Gasteiger partial charge in [0.2, 0.25) is 5.88 Å². The van der Waals surface area contributed by atoms with Gasteiger partial charge < -0.3 is 19.0 Å².